The van der Waals surface area contributed by atoms with Gasteiger partial charge in [0.1, 0.15) is 17.1 Å². The predicted octanol–water partition coefficient (Wildman–Crippen LogP) is 2.71. The zero-order valence-corrected chi connectivity index (χ0v) is 12.1. The van der Waals surface area contributed by atoms with Gasteiger partial charge >= 0.3 is 0 Å². The van der Waals surface area contributed by atoms with Gasteiger partial charge in [0.05, 0.1) is 5.69 Å². The summed E-state index contributed by atoms with van der Waals surface area (Å²) in [5.74, 6) is 1.63. The minimum Gasteiger partial charge on any atom is -0.506 e. The molecule has 3 heterocycles. The van der Waals surface area contributed by atoms with Crippen molar-refractivity contribution < 1.29 is 9.84 Å². The van der Waals surface area contributed by atoms with Crippen LogP contribution in [0.5, 0.6) is 5.75 Å². The fourth-order valence-corrected chi connectivity index (χ4v) is 3.01. The van der Waals surface area contributed by atoms with E-state index in [2.05, 4.69) is 4.98 Å². The summed E-state index contributed by atoms with van der Waals surface area (Å²) < 4.78 is 7.43. The van der Waals surface area contributed by atoms with E-state index in [1.54, 1.807) is 12.3 Å². The maximum Gasteiger partial charge on any atom is 0.164 e. The molecule has 1 saturated heterocycles. The molecule has 3 aromatic rings. The van der Waals surface area contributed by atoms with Gasteiger partial charge in [0, 0.05) is 25.8 Å². The molecule has 5 heteroatoms. The first-order valence-corrected chi connectivity index (χ1v) is 7.51. The zero-order chi connectivity index (χ0) is 14.9. The molecule has 2 aromatic heterocycles. The van der Waals surface area contributed by atoms with E-state index in [4.69, 9.17) is 9.72 Å². The van der Waals surface area contributed by atoms with Gasteiger partial charge in [-0.1, -0.05) is 12.1 Å². The number of aromatic nitrogens is 3. The van der Waals surface area contributed by atoms with E-state index in [0.29, 0.717) is 5.92 Å². The Hall–Kier alpha value is -2.40. The summed E-state index contributed by atoms with van der Waals surface area (Å²) in [4.78, 5) is 9.18. The molecular weight excluding hydrogens is 278 g/mol. The molecule has 0 amide bonds. The van der Waals surface area contributed by atoms with Gasteiger partial charge in [-0.2, -0.15) is 0 Å². The molecule has 0 bridgehead atoms. The number of nitrogens with zero attached hydrogens (tertiary/aromatic N) is 3. The molecule has 1 unspecified atom stereocenters. The van der Waals surface area contributed by atoms with Crippen LogP contribution in [0.15, 0.2) is 42.6 Å². The number of aromatic hydroxyl groups is 1. The average Bonchev–Trinajstić information content (AvgIpc) is 3.16. The van der Waals surface area contributed by atoms with Crippen molar-refractivity contribution in [1.29, 1.82) is 0 Å². The highest BCUT2D eigenvalue weighted by Gasteiger charge is 2.22. The minimum absolute atomic E-state index is 0.233. The lowest BCUT2D eigenvalue weighted by atomic mass is 10.0. The number of fused-ring (bicyclic) bond motifs is 1. The van der Waals surface area contributed by atoms with E-state index >= 15 is 0 Å². The second-order valence-electron chi connectivity index (χ2n) is 5.63. The third kappa shape index (κ3) is 2.23. The number of rotatable bonds is 3. The highest BCUT2D eigenvalue weighted by atomic mass is 16.5. The third-order valence-corrected chi connectivity index (χ3v) is 4.10. The van der Waals surface area contributed by atoms with Crippen molar-refractivity contribution in [1.82, 2.24) is 14.5 Å². The molecular formula is C17H17N3O2. The van der Waals surface area contributed by atoms with Crippen molar-refractivity contribution >= 4 is 11.2 Å². The Labute approximate surface area is 128 Å². The highest BCUT2D eigenvalue weighted by molar-refractivity contribution is 5.74. The molecule has 112 valence electrons. The van der Waals surface area contributed by atoms with Crippen LogP contribution in [0.4, 0.5) is 0 Å². The van der Waals surface area contributed by atoms with Crippen molar-refractivity contribution in [3.05, 3.63) is 48.4 Å². The quantitative estimate of drug-likeness (QED) is 0.807. The Kier molecular flexibility index (Phi) is 3.27. The molecule has 0 saturated carbocycles. The van der Waals surface area contributed by atoms with Crippen LogP contribution >= 0.6 is 0 Å². The van der Waals surface area contributed by atoms with E-state index in [1.807, 2.05) is 34.9 Å². The van der Waals surface area contributed by atoms with Gasteiger partial charge < -0.3 is 9.84 Å². The maximum absolute atomic E-state index is 10.2. The third-order valence-electron chi connectivity index (χ3n) is 4.10. The SMILES string of the molecule is Oc1ccccc1-n1c(CC2CCOC2)nc2cccnc21. The molecule has 1 aromatic carbocycles. The number of hydrogen-bond acceptors (Lipinski definition) is 4. The van der Waals surface area contributed by atoms with Crippen molar-refractivity contribution in [3.63, 3.8) is 0 Å². The summed E-state index contributed by atoms with van der Waals surface area (Å²) in [6.07, 6.45) is 3.63. The monoisotopic (exact) mass is 295 g/mol. The fourth-order valence-electron chi connectivity index (χ4n) is 3.01. The van der Waals surface area contributed by atoms with Crippen molar-refractivity contribution in [2.45, 2.75) is 12.8 Å². The van der Waals surface area contributed by atoms with E-state index in [9.17, 15) is 5.11 Å². The van der Waals surface area contributed by atoms with Crippen LogP contribution in [0.3, 0.4) is 0 Å². The van der Waals surface area contributed by atoms with Gasteiger partial charge in [-0.3, -0.25) is 4.57 Å². The van der Waals surface area contributed by atoms with Gasteiger partial charge in [-0.05, 0) is 36.6 Å². The van der Waals surface area contributed by atoms with Crippen LogP contribution in [-0.2, 0) is 11.2 Å². The molecule has 4 rings (SSSR count). The summed E-state index contributed by atoms with van der Waals surface area (Å²) in [7, 11) is 0. The molecule has 1 aliphatic heterocycles. The number of pyridine rings is 1. The fraction of sp³-hybridized carbons (Fsp3) is 0.294. The lowest BCUT2D eigenvalue weighted by molar-refractivity contribution is 0.185. The number of imidazole rings is 1. The standard InChI is InChI=1S/C17H17N3O2/c21-15-6-2-1-5-14(15)20-16(10-12-7-9-22-11-12)19-13-4-3-8-18-17(13)20/h1-6,8,12,21H,7,9-11H2. The number of para-hydroxylation sites is 2. The van der Waals surface area contributed by atoms with Crippen LogP contribution < -0.4 is 0 Å². The summed E-state index contributed by atoms with van der Waals surface area (Å²) in [6.45, 7) is 1.59. The molecule has 0 radical (unpaired) electrons. The van der Waals surface area contributed by atoms with E-state index < -0.39 is 0 Å². The Balaban J connectivity index is 1.88. The first-order valence-electron chi connectivity index (χ1n) is 7.51. The number of ether oxygens (including phenoxy) is 1. The lowest BCUT2D eigenvalue weighted by Gasteiger charge is -2.12. The normalized spacial score (nSPS) is 18.1. The van der Waals surface area contributed by atoms with Crippen LogP contribution in [0.1, 0.15) is 12.2 Å². The maximum atomic E-state index is 10.2. The molecule has 5 nitrogen and oxygen atoms in total. The molecule has 0 spiro atoms. The number of phenols is 1. The van der Waals surface area contributed by atoms with Gasteiger partial charge in [0.2, 0.25) is 0 Å². The first-order chi connectivity index (χ1) is 10.8. The smallest absolute Gasteiger partial charge is 0.164 e. The molecule has 1 atom stereocenters. The van der Waals surface area contributed by atoms with Gasteiger partial charge in [0.15, 0.2) is 5.65 Å². The topological polar surface area (TPSA) is 60.2 Å². The zero-order valence-electron chi connectivity index (χ0n) is 12.1. The second kappa shape index (κ2) is 5.42. The molecule has 1 fully saturated rings. The minimum atomic E-state index is 0.233. The van der Waals surface area contributed by atoms with Crippen LogP contribution in [0.25, 0.3) is 16.9 Å². The summed E-state index contributed by atoms with van der Waals surface area (Å²) in [6, 6.07) is 11.1. The van der Waals surface area contributed by atoms with Crippen LogP contribution in [0.2, 0.25) is 0 Å². The largest absolute Gasteiger partial charge is 0.506 e. The number of benzene rings is 1. The Bertz CT molecular complexity index is 807. The van der Waals surface area contributed by atoms with Crippen molar-refractivity contribution in [2.24, 2.45) is 5.92 Å². The molecule has 1 aliphatic rings. The molecule has 22 heavy (non-hydrogen) atoms. The Morgan fingerprint density at radius 1 is 1.23 bits per heavy atom. The molecule has 0 aliphatic carbocycles. The first kappa shape index (κ1) is 13.3. The van der Waals surface area contributed by atoms with Gasteiger partial charge in [-0.15, -0.1) is 0 Å². The lowest BCUT2D eigenvalue weighted by Crippen LogP contribution is -2.10. The van der Waals surface area contributed by atoms with E-state index in [-0.39, 0.29) is 5.75 Å². The number of phenolic OH excluding ortho intramolecular Hbond substituents is 1. The Morgan fingerprint density at radius 3 is 2.95 bits per heavy atom. The predicted molar refractivity (Wildman–Crippen MR) is 83.2 cm³/mol. The molecule has 1 N–H and O–H groups in total. The summed E-state index contributed by atoms with van der Waals surface area (Å²) in [5, 5.41) is 10.2. The Morgan fingerprint density at radius 2 is 2.14 bits per heavy atom. The van der Waals surface area contributed by atoms with Gasteiger partial charge in [-0.25, -0.2) is 9.97 Å². The van der Waals surface area contributed by atoms with Crippen LogP contribution in [0, 0.1) is 5.92 Å². The number of hydrogen-bond donors (Lipinski definition) is 1. The van der Waals surface area contributed by atoms with Crippen molar-refractivity contribution in [2.75, 3.05) is 13.2 Å². The highest BCUT2D eigenvalue weighted by Crippen LogP contribution is 2.28. The second-order valence-corrected chi connectivity index (χ2v) is 5.63. The van der Waals surface area contributed by atoms with Gasteiger partial charge in [0.25, 0.3) is 0 Å². The van der Waals surface area contributed by atoms with Crippen LogP contribution in [-0.4, -0.2) is 32.9 Å². The van der Waals surface area contributed by atoms with E-state index in [0.717, 1.165) is 48.7 Å². The average molecular weight is 295 g/mol. The summed E-state index contributed by atoms with van der Waals surface area (Å²) in [5.41, 5.74) is 2.34. The van der Waals surface area contributed by atoms with E-state index in [1.165, 1.54) is 0 Å². The summed E-state index contributed by atoms with van der Waals surface area (Å²) >= 11 is 0. The van der Waals surface area contributed by atoms with Crippen molar-refractivity contribution in [3.8, 4) is 11.4 Å².